The average molecular weight is 312 g/mol. The molecule has 0 bridgehead atoms. The molecule has 1 rings (SSSR count). The highest BCUT2D eigenvalue weighted by molar-refractivity contribution is 7.89. The van der Waals surface area contributed by atoms with Crippen molar-refractivity contribution in [3.8, 4) is 0 Å². The van der Waals surface area contributed by atoms with Gasteiger partial charge < -0.3 is 10.1 Å². The first-order valence-electron chi connectivity index (χ1n) is 5.09. The Labute approximate surface area is 112 Å². The van der Waals surface area contributed by atoms with Crippen molar-refractivity contribution in [2.45, 2.75) is 11.1 Å². The number of nitrogens with one attached hydrogen (secondary N) is 1. The van der Waals surface area contributed by atoms with E-state index in [-0.39, 0.29) is 0 Å². The molecule has 1 aromatic carbocycles. The second-order valence-electron chi connectivity index (χ2n) is 4.04. The Morgan fingerprint density at radius 1 is 1.25 bits per heavy atom. The van der Waals surface area contributed by atoms with Crippen LogP contribution in [0.25, 0.3) is 0 Å². The molecular formula is C10H11F3N2O4S. The quantitative estimate of drug-likeness (QED) is 0.818. The van der Waals surface area contributed by atoms with Gasteiger partial charge in [0.15, 0.2) is 0 Å². The number of nitrogens with zero attached hydrogens (tertiary/aromatic N) is 1. The van der Waals surface area contributed by atoms with Crippen LogP contribution >= 0.6 is 0 Å². The van der Waals surface area contributed by atoms with Crippen molar-refractivity contribution in [1.82, 2.24) is 9.79 Å². The number of rotatable bonds is 3. The summed E-state index contributed by atoms with van der Waals surface area (Å²) in [5, 5.41) is 8.47. The van der Waals surface area contributed by atoms with Gasteiger partial charge in [-0.2, -0.15) is 13.2 Å². The van der Waals surface area contributed by atoms with Crippen molar-refractivity contribution < 1.29 is 31.6 Å². The maximum absolute atomic E-state index is 12.7. The molecular weight excluding hydrogens is 301 g/mol. The van der Waals surface area contributed by atoms with Crippen molar-refractivity contribution >= 4 is 15.9 Å². The molecule has 10 heteroatoms. The molecule has 1 amide bonds. The van der Waals surface area contributed by atoms with Gasteiger partial charge in [-0.05, 0) is 18.2 Å². The molecule has 112 valence electrons. The van der Waals surface area contributed by atoms with Crippen LogP contribution in [0.3, 0.4) is 0 Å². The van der Waals surface area contributed by atoms with Crippen molar-refractivity contribution in [3.63, 3.8) is 0 Å². The summed E-state index contributed by atoms with van der Waals surface area (Å²) in [6.45, 7) is 0. The molecule has 0 aliphatic heterocycles. The van der Waals surface area contributed by atoms with Gasteiger partial charge >= 0.3 is 6.18 Å². The molecule has 20 heavy (non-hydrogen) atoms. The van der Waals surface area contributed by atoms with E-state index in [0.717, 1.165) is 15.9 Å². The number of hydrogen-bond donors (Lipinski definition) is 2. The first kappa shape index (κ1) is 16.4. The third-order valence-corrected chi connectivity index (χ3v) is 3.41. The fourth-order valence-electron chi connectivity index (χ4n) is 1.35. The number of amides is 1. The standard InChI is InChI=1S/C10H11F3N2O4S/c1-15(2)9(16)6-3-7(10(11,12)13)5-8(4-6)20(18,19)14-17/h3-5,14,17H,1-2H3. The normalized spacial score (nSPS) is 12.3. The Balaban J connectivity index is 3.57. The summed E-state index contributed by atoms with van der Waals surface area (Å²) in [6.07, 6.45) is -4.83. The first-order valence-corrected chi connectivity index (χ1v) is 6.57. The molecule has 0 unspecified atom stereocenters. The highest BCUT2D eigenvalue weighted by Gasteiger charge is 2.33. The van der Waals surface area contributed by atoms with E-state index in [1.807, 2.05) is 0 Å². The summed E-state index contributed by atoms with van der Waals surface area (Å²) in [6, 6.07) is 1.61. The molecule has 0 spiro atoms. The van der Waals surface area contributed by atoms with Gasteiger partial charge in [-0.15, -0.1) is 0 Å². The van der Waals surface area contributed by atoms with Crippen LogP contribution < -0.4 is 4.89 Å². The number of hydrogen-bond acceptors (Lipinski definition) is 4. The average Bonchev–Trinajstić information content (AvgIpc) is 2.36. The summed E-state index contributed by atoms with van der Waals surface area (Å²) in [7, 11) is -1.91. The van der Waals surface area contributed by atoms with Crippen LogP contribution in [0.1, 0.15) is 15.9 Å². The van der Waals surface area contributed by atoms with E-state index in [1.165, 1.54) is 14.1 Å². The van der Waals surface area contributed by atoms with Crippen LogP contribution in [-0.4, -0.2) is 38.5 Å². The number of carbonyl (C=O) groups excluding carboxylic acids is 1. The molecule has 0 aliphatic rings. The minimum absolute atomic E-state index is 0.324. The summed E-state index contributed by atoms with van der Waals surface area (Å²) in [5.41, 5.74) is -1.77. The fourth-order valence-corrected chi connectivity index (χ4v) is 2.02. The van der Waals surface area contributed by atoms with Crippen molar-refractivity contribution in [2.24, 2.45) is 0 Å². The van der Waals surface area contributed by atoms with Crippen LogP contribution in [0.15, 0.2) is 23.1 Å². The monoisotopic (exact) mass is 312 g/mol. The third kappa shape index (κ3) is 3.46. The molecule has 0 aliphatic carbocycles. The molecule has 0 atom stereocenters. The van der Waals surface area contributed by atoms with Crippen LogP contribution in [-0.2, 0) is 16.2 Å². The van der Waals surface area contributed by atoms with E-state index in [1.54, 1.807) is 0 Å². The summed E-state index contributed by atoms with van der Waals surface area (Å²) >= 11 is 0. The van der Waals surface area contributed by atoms with E-state index in [0.29, 0.717) is 12.1 Å². The van der Waals surface area contributed by atoms with E-state index in [9.17, 15) is 26.4 Å². The molecule has 0 radical (unpaired) electrons. The zero-order chi connectivity index (χ0) is 15.7. The maximum atomic E-state index is 12.7. The second-order valence-corrected chi connectivity index (χ2v) is 5.70. The van der Waals surface area contributed by atoms with Gasteiger partial charge in [-0.3, -0.25) is 4.79 Å². The van der Waals surface area contributed by atoms with Crippen molar-refractivity contribution in [1.29, 1.82) is 0 Å². The lowest BCUT2D eigenvalue weighted by Crippen LogP contribution is -2.24. The number of halogens is 3. The first-order chi connectivity index (χ1) is 8.99. The van der Waals surface area contributed by atoms with E-state index in [2.05, 4.69) is 0 Å². The molecule has 0 fully saturated rings. The smallest absolute Gasteiger partial charge is 0.345 e. The topological polar surface area (TPSA) is 86.7 Å². The SMILES string of the molecule is CN(C)C(=O)c1cc(C(F)(F)F)cc(S(=O)(=O)NO)c1. The largest absolute Gasteiger partial charge is 0.416 e. The molecule has 1 aromatic rings. The molecule has 0 saturated carbocycles. The Kier molecular flexibility index (Phi) is 4.42. The Hall–Kier alpha value is -1.65. The number of sulfonamides is 1. The summed E-state index contributed by atoms with van der Waals surface area (Å²) < 4.78 is 60.8. The van der Waals surface area contributed by atoms with Gasteiger partial charge in [-0.1, -0.05) is 4.89 Å². The highest BCUT2D eigenvalue weighted by atomic mass is 32.2. The highest BCUT2D eigenvalue weighted by Crippen LogP contribution is 2.31. The van der Waals surface area contributed by atoms with Crippen molar-refractivity contribution in [2.75, 3.05) is 14.1 Å². The van der Waals surface area contributed by atoms with Crippen LogP contribution in [0.2, 0.25) is 0 Å². The van der Waals surface area contributed by atoms with Gasteiger partial charge in [0.1, 0.15) is 0 Å². The molecule has 0 heterocycles. The summed E-state index contributed by atoms with van der Waals surface area (Å²) in [4.78, 5) is 12.7. The third-order valence-electron chi connectivity index (χ3n) is 2.32. The van der Waals surface area contributed by atoms with Gasteiger partial charge in [0, 0.05) is 19.7 Å². The molecule has 6 nitrogen and oxygen atoms in total. The van der Waals surface area contributed by atoms with E-state index in [4.69, 9.17) is 5.21 Å². The van der Waals surface area contributed by atoms with E-state index >= 15 is 0 Å². The Morgan fingerprint density at radius 3 is 2.20 bits per heavy atom. The molecule has 0 saturated heterocycles. The minimum Gasteiger partial charge on any atom is -0.345 e. The lowest BCUT2D eigenvalue weighted by molar-refractivity contribution is -0.137. The predicted octanol–water partition coefficient (Wildman–Crippen LogP) is 1.07. The van der Waals surface area contributed by atoms with Crippen LogP contribution in [0, 0.1) is 0 Å². The van der Waals surface area contributed by atoms with Crippen molar-refractivity contribution in [3.05, 3.63) is 29.3 Å². The molecule has 2 N–H and O–H groups in total. The fraction of sp³-hybridized carbons (Fsp3) is 0.300. The minimum atomic E-state index is -4.83. The lowest BCUT2D eigenvalue weighted by Gasteiger charge is -2.14. The van der Waals surface area contributed by atoms with E-state index < -0.39 is 38.1 Å². The van der Waals surface area contributed by atoms with Gasteiger partial charge in [0.2, 0.25) is 0 Å². The lowest BCUT2D eigenvalue weighted by atomic mass is 10.1. The zero-order valence-corrected chi connectivity index (χ0v) is 11.2. The zero-order valence-electron chi connectivity index (χ0n) is 10.4. The van der Waals surface area contributed by atoms with Gasteiger partial charge in [-0.25, -0.2) is 8.42 Å². The van der Waals surface area contributed by atoms with Crippen LogP contribution in [0.4, 0.5) is 13.2 Å². The Morgan fingerprint density at radius 2 is 1.80 bits per heavy atom. The van der Waals surface area contributed by atoms with Gasteiger partial charge in [0.25, 0.3) is 15.9 Å². The summed E-state index contributed by atoms with van der Waals surface area (Å²) in [5.74, 6) is -0.800. The number of benzene rings is 1. The predicted molar refractivity (Wildman–Crippen MR) is 61.6 cm³/mol. The molecule has 0 aromatic heterocycles. The Bertz CT molecular complexity index is 626. The second kappa shape index (κ2) is 5.38. The van der Waals surface area contributed by atoms with Crippen LogP contribution in [0.5, 0.6) is 0 Å². The number of carbonyl (C=O) groups is 1. The number of alkyl halides is 3. The van der Waals surface area contributed by atoms with Gasteiger partial charge in [0.05, 0.1) is 10.5 Å². The maximum Gasteiger partial charge on any atom is 0.416 e.